The maximum Gasteiger partial charge on any atom is 0.323 e. The summed E-state index contributed by atoms with van der Waals surface area (Å²) in [5.74, 6) is -0.990. The molecule has 2 aromatic carbocycles. The summed E-state index contributed by atoms with van der Waals surface area (Å²) in [5, 5.41) is 13.8. The van der Waals surface area contributed by atoms with Crippen LogP contribution in [0.25, 0.3) is 10.8 Å². The van der Waals surface area contributed by atoms with E-state index in [1.807, 2.05) is 42.5 Å². The van der Waals surface area contributed by atoms with Crippen LogP contribution in [0, 0.1) is 0 Å². The van der Waals surface area contributed by atoms with Gasteiger partial charge in [0.25, 0.3) is 0 Å². The summed E-state index contributed by atoms with van der Waals surface area (Å²) in [6, 6.07) is 13.2. The van der Waals surface area contributed by atoms with Gasteiger partial charge in [0.05, 0.1) is 0 Å². The van der Waals surface area contributed by atoms with E-state index in [9.17, 15) is 9.59 Å². The van der Waals surface area contributed by atoms with Crippen molar-refractivity contribution in [1.29, 1.82) is 0 Å². The molecule has 5 heteroatoms. The minimum atomic E-state index is -0.990. The van der Waals surface area contributed by atoms with Crippen LogP contribution in [0.15, 0.2) is 42.5 Å². The maximum atomic E-state index is 12.2. The lowest BCUT2D eigenvalue weighted by molar-refractivity contribution is -0.137. The number of carbonyl (C=O) groups is 2. The van der Waals surface area contributed by atoms with Crippen molar-refractivity contribution < 1.29 is 14.7 Å². The van der Waals surface area contributed by atoms with E-state index < -0.39 is 5.97 Å². The van der Waals surface area contributed by atoms with E-state index in [1.54, 1.807) is 0 Å². The third-order valence-electron chi connectivity index (χ3n) is 3.55. The fraction of sp³-hybridized carbons (Fsp3) is 0.250. The Kier molecular flexibility index (Phi) is 3.48. The lowest BCUT2D eigenvalue weighted by atomic mass is 10.1. The topological polar surface area (TPSA) is 69.6 Å². The number of urea groups is 1. The molecule has 2 aromatic rings. The largest absolute Gasteiger partial charge is 0.480 e. The molecule has 108 valence electrons. The zero-order valence-electron chi connectivity index (χ0n) is 11.5. The van der Waals surface area contributed by atoms with Crippen molar-refractivity contribution in [3.63, 3.8) is 0 Å². The molecular formula is C16H16N2O3. The van der Waals surface area contributed by atoms with Crippen molar-refractivity contribution in [2.45, 2.75) is 18.9 Å². The first-order valence-corrected chi connectivity index (χ1v) is 6.92. The molecule has 1 saturated carbocycles. The van der Waals surface area contributed by atoms with E-state index in [0.717, 1.165) is 23.6 Å². The van der Waals surface area contributed by atoms with Crippen LogP contribution in [0.4, 0.5) is 10.5 Å². The smallest absolute Gasteiger partial charge is 0.323 e. The zero-order chi connectivity index (χ0) is 14.8. The Morgan fingerprint density at radius 1 is 1.14 bits per heavy atom. The number of fused-ring (bicyclic) bond motifs is 1. The summed E-state index contributed by atoms with van der Waals surface area (Å²) in [6.07, 6.45) is 1.75. The van der Waals surface area contributed by atoms with Crippen LogP contribution in [0.2, 0.25) is 0 Å². The Balaban J connectivity index is 1.76. The summed E-state index contributed by atoms with van der Waals surface area (Å²) in [6.45, 7) is -0.260. The second kappa shape index (κ2) is 5.44. The molecule has 2 N–H and O–H groups in total. The van der Waals surface area contributed by atoms with Crippen LogP contribution < -0.4 is 5.32 Å². The molecule has 2 amide bonds. The second-order valence-corrected chi connectivity index (χ2v) is 5.24. The van der Waals surface area contributed by atoms with Crippen LogP contribution in [0.1, 0.15) is 12.8 Å². The van der Waals surface area contributed by atoms with E-state index in [2.05, 4.69) is 5.32 Å². The monoisotopic (exact) mass is 284 g/mol. The highest BCUT2D eigenvalue weighted by Crippen LogP contribution is 2.27. The van der Waals surface area contributed by atoms with Gasteiger partial charge >= 0.3 is 12.0 Å². The Morgan fingerprint density at radius 3 is 2.52 bits per heavy atom. The fourth-order valence-corrected chi connectivity index (χ4v) is 2.36. The average molecular weight is 284 g/mol. The summed E-state index contributed by atoms with van der Waals surface area (Å²) < 4.78 is 0. The van der Waals surface area contributed by atoms with Gasteiger partial charge in [-0.1, -0.05) is 30.3 Å². The summed E-state index contributed by atoms with van der Waals surface area (Å²) in [7, 11) is 0. The van der Waals surface area contributed by atoms with E-state index in [1.165, 1.54) is 4.90 Å². The lowest BCUT2D eigenvalue weighted by Gasteiger charge is -2.20. The zero-order valence-corrected chi connectivity index (χ0v) is 11.5. The number of hydrogen-bond acceptors (Lipinski definition) is 2. The highest BCUT2D eigenvalue weighted by molar-refractivity contribution is 5.94. The third-order valence-corrected chi connectivity index (χ3v) is 3.55. The number of aliphatic carboxylic acids is 1. The molecule has 1 fully saturated rings. The van der Waals surface area contributed by atoms with E-state index in [0.29, 0.717) is 5.69 Å². The van der Waals surface area contributed by atoms with Crippen molar-refractivity contribution in [3.8, 4) is 0 Å². The molecule has 3 rings (SSSR count). The molecule has 0 radical (unpaired) electrons. The summed E-state index contributed by atoms with van der Waals surface area (Å²) in [4.78, 5) is 24.5. The molecule has 0 aromatic heterocycles. The molecule has 0 bridgehead atoms. The van der Waals surface area contributed by atoms with Gasteiger partial charge in [-0.05, 0) is 35.7 Å². The second-order valence-electron chi connectivity index (χ2n) is 5.24. The third kappa shape index (κ3) is 3.13. The van der Waals surface area contributed by atoms with Gasteiger partial charge in [0.2, 0.25) is 0 Å². The first-order valence-electron chi connectivity index (χ1n) is 6.92. The molecule has 0 spiro atoms. The minimum Gasteiger partial charge on any atom is -0.480 e. The number of carbonyl (C=O) groups excluding carboxylic acids is 1. The van der Waals surface area contributed by atoms with E-state index >= 15 is 0 Å². The van der Waals surface area contributed by atoms with Crippen molar-refractivity contribution >= 4 is 28.5 Å². The number of carboxylic acid groups (broad SMARTS) is 1. The van der Waals surface area contributed by atoms with Crippen molar-refractivity contribution in [2.24, 2.45) is 0 Å². The SMILES string of the molecule is O=C(O)CN(C(=O)Nc1ccc2ccccc2c1)C1CC1. The molecule has 5 nitrogen and oxygen atoms in total. The van der Waals surface area contributed by atoms with Crippen molar-refractivity contribution in [3.05, 3.63) is 42.5 Å². The minimum absolute atomic E-state index is 0.0570. The van der Waals surface area contributed by atoms with Gasteiger partial charge in [0, 0.05) is 11.7 Å². The highest BCUT2D eigenvalue weighted by atomic mass is 16.4. The standard InChI is InChI=1S/C16H16N2O3/c19-15(20)10-18(14-7-8-14)16(21)17-13-6-5-11-3-1-2-4-12(11)9-13/h1-6,9,14H,7-8,10H2,(H,17,21)(H,19,20). The molecule has 1 aliphatic carbocycles. The molecule has 0 heterocycles. The number of nitrogens with zero attached hydrogens (tertiary/aromatic N) is 1. The Morgan fingerprint density at radius 2 is 1.86 bits per heavy atom. The molecule has 0 atom stereocenters. The van der Waals surface area contributed by atoms with Crippen molar-refractivity contribution in [2.75, 3.05) is 11.9 Å². The Hall–Kier alpha value is -2.56. The molecule has 21 heavy (non-hydrogen) atoms. The summed E-state index contributed by atoms with van der Waals surface area (Å²) in [5.41, 5.74) is 0.676. The van der Waals surface area contributed by atoms with Gasteiger partial charge in [0.1, 0.15) is 6.54 Å². The normalized spacial score (nSPS) is 13.9. The quantitative estimate of drug-likeness (QED) is 0.907. The molecule has 0 aliphatic heterocycles. The van der Waals surface area contributed by atoms with Crippen molar-refractivity contribution in [1.82, 2.24) is 4.90 Å². The number of amides is 2. The van der Waals surface area contributed by atoms with Gasteiger partial charge in [0.15, 0.2) is 0 Å². The summed E-state index contributed by atoms with van der Waals surface area (Å²) >= 11 is 0. The number of rotatable bonds is 4. The fourth-order valence-electron chi connectivity index (χ4n) is 2.36. The van der Waals surface area contributed by atoms with E-state index in [4.69, 9.17) is 5.11 Å². The first-order chi connectivity index (χ1) is 10.1. The number of anilines is 1. The van der Waals surface area contributed by atoms with Gasteiger partial charge in [-0.2, -0.15) is 0 Å². The number of benzene rings is 2. The van der Waals surface area contributed by atoms with Crippen LogP contribution in [0.5, 0.6) is 0 Å². The van der Waals surface area contributed by atoms with Gasteiger partial charge in [-0.25, -0.2) is 4.79 Å². The molecule has 0 unspecified atom stereocenters. The maximum absolute atomic E-state index is 12.2. The number of nitrogens with one attached hydrogen (secondary N) is 1. The van der Waals surface area contributed by atoms with Gasteiger partial charge in [-0.3, -0.25) is 4.79 Å². The highest BCUT2D eigenvalue weighted by Gasteiger charge is 2.33. The van der Waals surface area contributed by atoms with Crippen LogP contribution in [0.3, 0.4) is 0 Å². The van der Waals surface area contributed by atoms with Gasteiger partial charge in [-0.15, -0.1) is 0 Å². The van der Waals surface area contributed by atoms with E-state index in [-0.39, 0.29) is 18.6 Å². The predicted octanol–water partition coefficient (Wildman–Crippen LogP) is 2.92. The average Bonchev–Trinajstić information content (AvgIpc) is 3.29. The predicted molar refractivity (Wildman–Crippen MR) is 80.3 cm³/mol. The van der Waals surface area contributed by atoms with Crippen LogP contribution >= 0.6 is 0 Å². The Bertz CT molecular complexity index is 695. The van der Waals surface area contributed by atoms with Crippen LogP contribution in [-0.4, -0.2) is 34.6 Å². The lowest BCUT2D eigenvalue weighted by Crippen LogP contribution is -2.40. The van der Waals surface area contributed by atoms with Gasteiger partial charge < -0.3 is 15.3 Å². The molecule has 1 aliphatic rings. The number of hydrogen-bond donors (Lipinski definition) is 2. The first kappa shape index (κ1) is 13.4. The molecule has 0 saturated heterocycles. The molecular weight excluding hydrogens is 268 g/mol. The Labute approximate surface area is 122 Å². The number of carboxylic acids is 1. The van der Waals surface area contributed by atoms with Crippen LogP contribution in [-0.2, 0) is 4.79 Å².